The number of aromatic nitrogens is 2. The van der Waals surface area contributed by atoms with Crippen molar-refractivity contribution in [3.63, 3.8) is 0 Å². The van der Waals surface area contributed by atoms with Gasteiger partial charge in [0.2, 0.25) is 5.91 Å². The van der Waals surface area contributed by atoms with E-state index in [1.54, 1.807) is 6.20 Å². The number of hydrogen-bond donors (Lipinski definition) is 1. The van der Waals surface area contributed by atoms with Gasteiger partial charge in [-0.3, -0.25) is 9.48 Å². The smallest absolute Gasteiger partial charge is 0.242 e. The molecule has 1 saturated carbocycles. The standard InChI is InChI=1S/C14H22N4O2/c15-14(4-1-2-5-14)13(19)17-8-9-20-12(10-17)11-18-7-3-6-16-18/h3,6-7,12H,1-2,4-5,8-11,15H2. The summed E-state index contributed by atoms with van der Waals surface area (Å²) in [6, 6.07) is 1.89. The summed E-state index contributed by atoms with van der Waals surface area (Å²) in [5.41, 5.74) is 5.63. The van der Waals surface area contributed by atoms with E-state index in [9.17, 15) is 4.79 Å². The zero-order chi connectivity index (χ0) is 14.0. The first kappa shape index (κ1) is 13.6. The molecule has 1 aliphatic carbocycles. The van der Waals surface area contributed by atoms with Crippen LogP contribution in [0.25, 0.3) is 0 Å². The van der Waals surface area contributed by atoms with Crippen LogP contribution in [0.2, 0.25) is 0 Å². The lowest BCUT2D eigenvalue weighted by Gasteiger charge is -2.37. The van der Waals surface area contributed by atoms with Gasteiger partial charge in [0.15, 0.2) is 0 Å². The van der Waals surface area contributed by atoms with Crippen molar-refractivity contribution in [3.05, 3.63) is 18.5 Å². The Morgan fingerprint density at radius 1 is 1.45 bits per heavy atom. The monoisotopic (exact) mass is 278 g/mol. The molecule has 3 rings (SSSR count). The number of ether oxygens (including phenoxy) is 1. The Bertz CT molecular complexity index is 454. The van der Waals surface area contributed by atoms with Gasteiger partial charge in [-0.05, 0) is 18.9 Å². The molecule has 2 N–H and O–H groups in total. The Morgan fingerprint density at radius 2 is 2.25 bits per heavy atom. The number of morpholine rings is 1. The Morgan fingerprint density at radius 3 is 2.95 bits per heavy atom. The molecule has 1 aliphatic heterocycles. The second kappa shape index (κ2) is 5.54. The molecule has 2 fully saturated rings. The predicted octanol–water partition coefficient (Wildman–Crippen LogP) is 0.382. The zero-order valence-corrected chi connectivity index (χ0v) is 11.7. The van der Waals surface area contributed by atoms with Crippen molar-refractivity contribution in [2.75, 3.05) is 19.7 Å². The van der Waals surface area contributed by atoms with Gasteiger partial charge < -0.3 is 15.4 Å². The molecule has 1 atom stereocenters. The number of nitrogens with two attached hydrogens (primary N) is 1. The van der Waals surface area contributed by atoms with Crippen LogP contribution in [0.15, 0.2) is 18.5 Å². The highest BCUT2D eigenvalue weighted by atomic mass is 16.5. The van der Waals surface area contributed by atoms with Crippen molar-refractivity contribution in [1.82, 2.24) is 14.7 Å². The molecular formula is C14H22N4O2. The normalized spacial score (nSPS) is 25.9. The van der Waals surface area contributed by atoms with E-state index in [0.29, 0.717) is 26.2 Å². The number of carbonyl (C=O) groups excluding carboxylic acids is 1. The fourth-order valence-electron chi connectivity index (χ4n) is 3.17. The number of nitrogens with zero attached hydrogens (tertiary/aromatic N) is 3. The third kappa shape index (κ3) is 2.71. The van der Waals surface area contributed by atoms with Crippen molar-refractivity contribution in [3.8, 4) is 0 Å². The Labute approximate surface area is 118 Å². The van der Waals surface area contributed by atoms with Crippen LogP contribution in [0.3, 0.4) is 0 Å². The molecule has 0 radical (unpaired) electrons. The highest BCUT2D eigenvalue weighted by molar-refractivity contribution is 5.86. The molecule has 6 heteroatoms. The van der Waals surface area contributed by atoms with Crippen LogP contribution in [0.1, 0.15) is 25.7 Å². The highest BCUT2D eigenvalue weighted by Crippen LogP contribution is 2.29. The molecule has 110 valence electrons. The topological polar surface area (TPSA) is 73.4 Å². The molecule has 2 heterocycles. The SMILES string of the molecule is NC1(C(=O)N2CCOC(Cn3cccn3)C2)CCCC1. The molecule has 0 aromatic carbocycles. The van der Waals surface area contributed by atoms with Gasteiger partial charge in [0.1, 0.15) is 0 Å². The number of hydrogen-bond acceptors (Lipinski definition) is 4. The number of carbonyl (C=O) groups is 1. The van der Waals surface area contributed by atoms with Crippen LogP contribution in [-0.2, 0) is 16.1 Å². The Kier molecular flexibility index (Phi) is 3.76. The molecule has 1 saturated heterocycles. The summed E-state index contributed by atoms with van der Waals surface area (Å²) in [5.74, 6) is 0.101. The maximum atomic E-state index is 12.6. The molecule has 1 aromatic rings. The minimum Gasteiger partial charge on any atom is -0.373 e. The van der Waals surface area contributed by atoms with Crippen LogP contribution in [0.5, 0.6) is 0 Å². The predicted molar refractivity (Wildman–Crippen MR) is 73.9 cm³/mol. The quantitative estimate of drug-likeness (QED) is 0.867. The first-order valence-corrected chi connectivity index (χ1v) is 7.35. The van der Waals surface area contributed by atoms with Crippen molar-refractivity contribution in [2.45, 2.75) is 43.9 Å². The fourth-order valence-corrected chi connectivity index (χ4v) is 3.17. The van der Waals surface area contributed by atoms with Crippen LogP contribution in [-0.4, -0.2) is 51.9 Å². The maximum absolute atomic E-state index is 12.6. The summed E-state index contributed by atoms with van der Waals surface area (Å²) >= 11 is 0. The van der Waals surface area contributed by atoms with Crippen molar-refractivity contribution in [1.29, 1.82) is 0 Å². The second-order valence-electron chi connectivity index (χ2n) is 5.84. The van der Waals surface area contributed by atoms with E-state index in [4.69, 9.17) is 10.5 Å². The summed E-state index contributed by atoms with van der Waals surface area (Å²) in [5, 5.41) is 4.18. The Balaban J connectivity index is 1.61. The van der Waals surface area contributed by atoms with E-state index in [1.807, 2.05) is 21.8 Å². The van der Waals surface area contributed by atoms with E-state index < -0.39 is 5.54 Å². The van der Waals surface area contributed by atoms with Gasteiger partial charge in [-0.15, -0.1) is 0 Å². The molecule has 0 spiro atoms. The largest absolute Gasteiger partial charge is 0.373 e. The summed E-state index contributed by atoms with van der Waals surface area (Å²) in [7, 11) is 0. The van der Waals surface area contributed by atoms with E-state index in [1.165, 1.54) is 0 Å². The summed E-state index contributed by atoms with van der Waals surface area (Å²) in [6.07, 6.45) is 7.40. The summed E-state index contributed by atoms with van der Waals surface area (Å²) in [4.78, 5) is 14.5. The van der Waals surface area contributed by atoms with Crippen LogP contribution in [0, 0.1) is 0 Å². The minimum absolute atomic E-state index is 0.00222. The first-order chi connectivity index (χ1) is 9.67. The molecule has 1 aromatic heterocycles. The second-order valence-corrected chi connectivity index (χ2v) is 5.84. The van der Waals surface area contributed by atoms with Crippen LogP contribution in [0.4, 0.5) is 0 Å². The fraction of sp³-hybridized carbons (Fsp3) is 0.714. The summed E-state index contributed by atoms with van der Waals surface area (Å²) < 4.78 is 7.57. The van der Waals surface area contributed by atoms with Crippen molar-refractivity contribution < 1.29 is 9.53 Å². The third-order valence-electron chi connectivity index (χ3n) is 4.30. The van der Waals surface area contributed by atoms with E-state index >= 15 is 0 Å². The summed E-state index contributed by atoms with van der Waals surface area (Å²) in [6.45, 7) is 2.51. The average Bonchev–Trinajstić information content (AvgIpc) is 3.11. The minimum atomic E-state index is -0.631. The average molecular weight is 278 g/mol. The molecule has 1 amide bonds. The van der Waals surface area contributed by atoms with Crippen LogP contribution < -0.4 is 5.73 Å². The van der Waals surface area contributed by atoms with Gasteiger partial charge >= 0.3 is 0 Å². The van der Waals surface area contributed by atoms with E-state index in [0.717, 1.165) is 25.7 Å². The van der Waals surface area contributed by atoms with Gasteiger partial charge in [-0.1, -0.05) is 12.8 Å². The lowest BCUT2D eigenvalue weighted by molar-refractivity contribution is -0.145. The zero-order valence-electron chi connectivity index (χ0n) is 11.7. The van der Waals surface area contributed by atoms with E-state index in [2.05, 4.69) is 5.10 Å². The number of amides is 1. The number of rotatable bonds is 3. The van der Waals surface area contributed by atoms with Gasteiger partial charge in [0, 0.05) is 25.5 Å². The van der Waals surface area contributed by atoms with Crippen molar-refractivity contribution in [2.24, 2.45) is 5.73 Å². The lowest BCUT2D eigenvalue weighted by atomic mass is 9.96. The highest BCUT2D eigenvalue weighted by Gasteiger charge is 2.41. The van der Waals surface area contributed by atoms with Crippen molar-refractivity contribution >= 4 is 5.91 Å². The first-order valence-electron chi connectivity index (χ1n) is 7.35. The van der Waals surface area contributed by atoms with Gasteiger partial charge in [0.05, 0.1) is 24.8 Å². The molecule has 2 aliphatic rings. The molecule has 20 heavy (non-hydrogen) atoms. The van der Waals surface area contributed by atoms with Gasteiger partial charge in [0.25, 0.3) is 0 Å². The maximum Gasteiger partial charge on any atom is 0.242 e. The molecule has 0 bridgehead atoms. The van der Waals surface area contributed by atoms with E-state index in [-0.39, 0.29) is 12.0 Å². The van der Waals surface area contributed by atoms with Crippen LogP contribution >= 0.6 is 0 Å². The lowest BCUT2D eigenvalue weighted by Crippen LogP contribution is -2.58. The Hall–Kier alpha value is -1.40. The molecule has 6 nitrogen and oxygen atoms in total. The van der Waals surface area contributed by atoms with Gasteiger partial charge in [-0.25, -0.2) is 0 Å². The molecule has 1 unspecified atom stereocenters. The third-order valence-corrected chi connectivity index (χ3v) is 4.30. The molecular weight excluding hydrogens is 256 g/mol. The van der Waals surface area contributed by atoms with Gasteiger partial charge in [-0.2, -0.15) is 5.10 Å².